The highest BCUT2D eigenvalue weighted by Crippen LogP contribution is 2.27. The summed E-state index contributed by atoms with van der Waals surface area (Å²) in [5.74, 6) is 0.0181. The van der Waals surface area contributed by atoms with Gasteiger partial charge in [-0.1, -0.05) is 47.0 Å². The van der Waals surface area contributed by atoms with E-state index in [1.54, 1.807) is 25.1 Å². The molecule has 7 heteroatoms. The average Bonchev–Trinajstić information content (AvgIpc) is 2.65. The summed E-state index contributed by atoms with van der Waals surface area (Å²) in [6.45, 7) is 11.1. The van der Waals surface area contributed by atoms with E-state index in [0.29, 0.717) is 21.4 Å². The van der Waals surface area contributed by atoms with Crippen LogP contribution in [0.1, 0.15) is 44.4 Å². The Bertz CT molecular complexity index is 934. The van der Waals surface area contributed by atoms with Crippen LogP contribution in [0.4, 0.5) is 0 Å². The molecule has 1 unspecified atom stereocenters. The molecule has 0 radical (unpaired) electrons. The Kier molecular flexibility index (Phi) is 8.38. The second kappa shape index (κ2) is 10.4. The first kappa shape index (κ1) is 25.0. The summed E-state index contributed by atoms with van der Waals surface area (Å²) in [4.78, 5) is 27.4. The normalized spacial score (nSPS) is 12.3. The molecule has 0 saturated heterocycles. The molecule has 0 saturated carbocycles. The number of carbonyl (C=O) groups excluding carboxylic acids is 2. The zero-order valence-electron chi connectivity index (χ0n) is 18.9. The molecule has 0 aliphatic carbocycles. The number of amides is 2. The molecule has 0 spiro atoms. The predicted octanol–water partition coefficient (Wildman–Crippen LogP) is 5.32. The van der Waals surface area contributed by atoms with Gasteiger partial charge in [-0.3, -0.25) is 9.59 Å². The van der Waals surface area contributed by atoms with Crippen molar-refractivity contribution in [3.8, 4) is 5.75 Å². The average molecular weight is 465 g/mol. The molecule has 2 aromatic carbocycles. The van der Waals surface area contributed by atoms with Crippen molar-refractivity contribution in [1.82, 2.24) is 10.2 Å². The Morgan fingerprint density at radius 1 is 1.10 bits per heavy atom. The van der Waals surface area contributed by atoms with Crippen molar-refractivity contribution in [2.24, 2.45) is 0 Å². The largest absolute Gasteiger partial charge is 0.483 e. The first-order valence-corrected chi connectivity index (χ1v) is 10.9. The van der Waals surface area contributed by atoms with Gasteiger partial charge in [0.2, 0.25) is 5.91 Å². The molecule has 0 aromatic heterocycles. The van der Waals surface area contributed by atoms with E-state index in [1.807, 2.05) is 52.8 Å². The van der Waals surface area contributed by atoms with Crippen LogP contribution in [0.25, 0.3) is 0 Å². The highest BCUT2D eigenvalue weighted by atomic mass is 35.5. The molecule has 168 valence electrons. The Morgan fingerprint density at radius 2 is 1.71 bits per heavy atom. The van der Waals surface area contributed by atoms with E-state index in [2.05, 4.69) is 5.32 Å². The highest BCUT2D eigenvalue weighted by molar-refractivity contribution is 6.36. The summed E-state index contributed by atoms with van der Waals surface area (Å²) in [6.07, 6.45) is 0. The number of hydrogen-bond donors (Lipinski definition) is 1. The van der Waals surface area contributed by atoms with Crippen molar-refractivity contribution >= 4 is 35.0 Å². The summed E-state index contributed by atoms with van der Waals surface area (Å²) in [6, 6.07) is 10.1. The third-order valence-corrected chi connectivity index (χ3v) is 5.45. The van der Waals surface area contributed by atoms with Gasteiger partial charge in [-0.15, -0.1) is 0 Å². The Hall–Kier alpha value is -2.24. The van der Waals surface area contributed by atoms with Gasteiger partial charge in [-0.05, 0) is 65.3 Å². The summed E-state index contributed by atoms with van der Waals surface area (Å²) >= 11 is 12.6. The summed E-state index contributed by atoms with van der Waals surface area (Å²) in [5.41, 5.74) is 2.20. The molecule has 2 rings (SSSR count). The van der Waals surface area contributed by atoms with E-state index in [0.717, 1.165) is 11.1 Å². The van der Waals surface area contributed by atoms with Gasteiger partial charge in [0.25, 0.3) is 5.91 Å². The zero-order valence-corrected chi connectivity index (χ0v) is 20.4. The van der Waals surface area contributed by atoms with Gasteiger partial charge in [0.05, 0.1) is 0 Å². The number of rotatable bonds is 7. The predicted molar refractivity (Wildman–Crippen MR) is 126 cm³/mol. The van der Waals surface area contributed by atoms with Gasteiger partial charge < -0.3 is 15.0 Å². The number of benzene rings is 2. The molecule has 2 amide bonds. The van der Waals surface area contributed by atoms with Gasteiger partial charge in [0, 0.05) is 27.7 Å². The van der Waals surface area contributed by atoms with Crippen LogP contribution < -0.4 is 10.1 Å². The van der Waals surface area contributed by atoms with Gasteiger partial charge >= 0.3 is 0 Å². The van der Waals surface area contributed by atoms with Crippen molar-refractivity contribution in [3.05, 3.63) is 63.1 Å². The second-order valence-corrected chi connectivity index (χ2v) is 9.51. The monoisotopic (exact) mass is 464 g/mol. The fraction of sp³-hybridized carbons (Fsp3) is 0.417. The maximum atomic E-state index is 13.2. The van der Waals surface area contributed by atoms with Crippen LogP contribution >= 0.6 is 23.2 Å². The van der Waals surface area contributed by atoms with Crippen LogP contribution in [0.5, 0.6) is 5.75 Å². The first-order chi connectivity index (χ1) is 14.4. The molecular formula is C24H30Cl2N2O3. The number of aryl methyl sites for hydroxylation is 2. The Labute approximate surface area is 194 Å². The minimum atomic E-state index is -0.748. The number of nitrogens with one attached hydrogen (secondary N) is 1. The Balaban J connectivity index is 2.27. The van der Waals surface area contributed by atoms with Crippen LogP contribution in [-0.2, 0) is 16.1 Å². The lowest BCUT2D eigenvalue weighted by molar-refractivity contribution is -0.142. The fourth-order valence-electron chi connectivity index (χ4n) is 3.09. The van der Waals surface area contributed by atoms with Crippen LogP contribution in [0.15, 0.2) is 36.4 Å². The molecule has 0 aliphatic rings. The second-order valence-electron chi connectivity index (χ2n) is 8.69. The topological polar surface area (TPSA) is 58.6 Å². The van der Waals surface area contributed by atoms with E-state index in [-0.39, 0.29) is 25.0 Å². The number of ether oxygens (including phenoxy) is 1. The molecule has 5 nitrogen and oxygen atoms in total. The van der Waals surface area contributed by atoms with Crippen molar-refractivity contribution in [1.29, 1.82) is 0 Å². The van der Waals surface area contributed by atoms with Gasteiger partial charge in [-0.25, -0.2) is 0 Å². The molecule has 1 N–H and O–H groups in total. The summed E-state index contributed by atoms with van der Waals surface area (Å²) < 4.78 is 5.77. The van der Waals surface area contributed by atoms with Gasteiger partial charge in [0.1, 0.15) is 11.8 Å². The van der Waals surface area contributed by atoms with Crippen molar-refractivity contribution < 1.29 is 14.3 Å². The third-order valence-electron chi connectivity index (χ3n) is 4.74. The number of carbonyl (C=O) groups is 2. The first-order valence-electron chi connectivity index (χ1n) is 10.1. The number of hydrogen-bond acceptors (Lipinski definition) is 3. The third kappa shape index (κ3) is 7.15. The lowest BCUT2D eigenvalue weighted by Crippen LogP contribution is -2.53. The minimum absolute atomic E-state index is 0.0896. The molecule has 0 aliphatic heterocycles. The standard InChI is InChI=1S/C24H30Cl2N2O3/c1-15-10-11-21(16(2)12-15)31-14-22(29)28(17(3)23(30)27-24(4,5)6)13-18-19(25)8-7-9-20(18)26/h7-12,17H,13-14H2,1-6H3,(H,27,30). The zero-order chi connectivity index (χ0) is 23.3. The molecule has 0 fully saturated rings. The molecule has 31 heavy (non-hydrogen) atoms. The fourth-order valence-corrected chi connectivity index (χ4v) is 3.61. The lowest BCUT2D eigenvalue weighted by Gasteiger charge is -2.32. The maximum Gasteiger partial charge on any atom is 0.261 e. The van der Waals surface area contributed by atoms with Gasteiger partial charge in [0.15, 0.2) is 6.61 Å². The van der Waals surface area contributed by atoms with Crippen LogP contribution in [0.2, 0.25) is 10.0 Å². The SMILES string of the molecule is Cc1ccc(OCC(=O)N(Cc2c(Cl)cccc2Cl)C(C)C(=O)NC(C)(C)C)c(C)c1. The van der Waals surface area contributed by atoms with E-state index >= 15 is 0 Å². The van der Waals surface area contributed by atoms with E-state index in [4.69, 9.17) is 27.9 Å². The van der Waals surface area contributed by atoms with E-state index in [1.165, 1.54) is 4.90 Å². The maximum absolute atomic E-state index is 13.2. The summed E-state index contributed by atoms with van der Waals surface area (Å²) in [5, 5.41) is 3.79. The Morgan fingerprint density at radius 3 is 2.26 bits per heavy atom. The summed E-state index contributed by atoms with van der Waals surface area (Å²) in [7, 11) is 0. The molecule has 2 aromatic rings. The lowest BCUT2D eigenvalue weighted by atomic mass is 10.1. The smallest absolute Gasteiger partial charge is 0.261 e. The number of halogens is 2. The minimum Gasteiger partial charge on any atom is -0.483 e. The van der Waals surface area contributed by atoms with E-state index in [9.17, 15) is 9.59 Å². The quantitative estimate of drug-likeness (QED) is 0.602. The highest BCUT2D eigenvalue weighted by Gasteiger charge is 2.29. The molecule has 0 bridgehead atoms. The van der Waals surface area contributed by atoms with Crippen LogP contribution in [0, 0.1) is 13.8 Å². The van der Waals surface area contributed by atoms with Crippen molar-refractivity contribution in [3.63, 3.8) is 0 Å². The van der Waals surface area contributed by atoms with Crippen molar-refractivity contribution in [2.75, 3.05) is 6.61 Å². The van der Waals surface area contributed by atoms with Crippen LogP contribution in [-0.4, -0.2) is 34.9 Å². The van der Waals surface area contributed by atoms with Crippen molar-refractivity contribution in [2.45, 2.75) is 59.7 Å². The van der Waals surface area contributed by atoms with Gasteiger partial charge in [-0.2, -0.15) is 0 Å². The molecule has 1 atom stereocenters. The molecule has 0 heterocycles. The number of nitrogens with zero attached hydrogens (tertiary/aromatic N) is 1. The van der Waals surface area contributed by atoms with E-state index < -0.39 is 11.6 Å². The molecular weight excluding hydrogens is 435 g/mol. The van der Waals surface area contributed by atoms with Crippen LogP contribution in [0.3, 0.4) is 0 Å².